The zero-order chi connectivity index (χ0) is 18.8. The highest BCUT2D eigenvalue weighted by Gasteiger charge is 2.38. The Hall–Kier alpha value is -3.15. The normalized spacial score (nSPS) is 18.8. The molecule has 27 heavy (non-hydrogen) atoms. The number of hydrogen-bond donors (Lipinski definition) is 0. The summed E-state index contributed by atoms with van der Waals surface area (Å²) in [5.74, 6) is 1.44. The van der Waals surface area contributed by atoms with Gasteiger partial charge in [-0.3, -0.25) is 9.69 Å². The molecule has 138 valence electrons. The van der Waals surface area contributed by atoms with Crippen LogP contribution in [0.5, 0.6) is 5.75 Å². The minimum atomic E-state index is -0.106. The van der Waals surface area contributed by atoms with E-state index in [4.69, 9.17) is 4.74 Å². The van der Waals surface area contributed by atoms with Crippen LogP contribution in [0.25, 0.3) is 0 Å². The van der Waals surface area contributed by atoms with Crippen LogP contribution in [-0.2, 0) is 4.79 Å². The van der Waals surface area contributed by atoms with Crippen molar-refractivity contribution in [1.29, 1.82) is 0 Å². The van der Waals surface area contributed by atoms with Crippen LogP contribution in [0.2, 0.25) is 0 Å². The monoisotopic (exact) mass is 362 g/mol. The highest BCUT2D eigenvalue weighted by atomic mass is 16.5. The van der Waals surface area contributed by atoms with Crippen molar-refractivity contribution in [1.82, 2.24) is 14.8 Å². The maximum absolute atomic E-state index is 12.8. The molecule has 1 aliphatic heterocycles. The third-order valence-electron chi connectivity index (χ3n) is 5.08. The molecule has 0 aliphatic carbocycles. The number of carbonyl (C=O) groups excluding carboxylic acids is 1. The standard InChI is InChI=1S/C21H22N4O2/c1-3-20(26)24-18(16-9-11-17(27-2)12-10-16)13-19(15-7-5-4-6-8-15)25-21(24)22-14-23-25/h4-12,14,18-19H,3,13H2,1-2H3/t18-,19-/m1/s1. The molecule has 1 aliphatic rings. The molecule has 0 saturated heterocycles. The number of rotatable bonds is 4. The molecule has 6 nitrogen and oxygen atoms in total. The SMILES string of the molecule is CCC(=O)N1c2ncnn2[C@@H](c2ccccc2)C[C@@H]1c1ccc(OC)cc1. The van der Waals surface area contributed by atoms with Crippen molar-refractivity contribution in [3.05, 3.63) is 72.1 Å². The maximum Gasteiger partial charge on any atom is 0.231 e. The van der Waals surface area contributed by atoms with Crippen LogP contribution in [0.3, 0.4) is 0 Å². The van der Waals surface area contributed by atoms with Gasteiger partial charge in [0.2, 0.25) is 11.9 Å². The van der Waals surface area contributed by atoms with Gasteiger partial charge in [0.1, 0.15) is 12.1 Å². The van der Waals surface area contributed by atoms with E-state index in [0.717, 1.165) is 23.3 Å². The van der Waals surface area contributed by atoms with Crippen LogP contribution in [-0.4, -0.2) is 27.8 Å². The summed E-state index contributed by atoms with van der Waals surface area (Å²) in [4.78, 5) is 19.0. The summed E-state index contributed by atoms with van der Waals surface area (Å²) < 4.78 is 7.14. The Bertz CT molecular complexity index is 921. The first-order valence-electron chi connectivity index (χ1n) is 9.13. The number of benzene rings is 2. The second kappa shape index (κ2) is 7.23. The summed E-state index contributed by atoms with van der Waals surface area (Å²) in [7, 11) is 1.65. The second-order valence-electron chi connectivity index (χ2n) is 6.57. The van der Waals surface area contributed by atoms with Crippen LogP contribution in [0, 0.1) is 0 Å². The van der Waals surface area contributed by atoms with Gasteiger partial charge >= 0.3 is 0 Å². The molecular weight excluding hydrogens is 340 g/mol. The Morgan fingerprint density at radius 3 is 2.44 bits per heavy atom. The molecule has 1 amide bonds. The number of methoxy groups -OCH3 is 1. The summed E-state index contributed by atoms with van der Waals surface area (Å²) in [6, 6.07) is 18.1. The average molecular weight is 362 g/mol. The van der Waals surface area contributed by atoms with E-state index in [2.05, 4.69) is 22.2 Å². The number of ether oxygens (including phenoxy) is 1. The van der Waals surface area contributed by atoms with Crippen molar-refractivity contribution < 1.29 is 9.53 Å². The lowest BCUT2D eigenvalue weighted by atomic mass is 9.91. The summed E-state index contributed by atoms with van der Waals surface area (Å²) in [5.41, 5.74) is 2.22. The molecule has 6 heteroatoms. The molecule has 2 aromatic carbocycles. The van der Waals surface area contributed by atoms with Crippen molar-refractivity contribution in [2.75, 3.05) is 12.0 Å². The Morgan fingerprint density at radius 2 is 1.78 bits per heavy atom. The van der Waals surface area contributed by atoms with E-state index < -0.39 is 0 Å². The summed E-state index contributed by atoms with van der Waals surface area (Å²) in [6.45, 7) is 1.87. The zero-order valence-electron chi connectivity index (χ0n) is 15.4. The fourth-order valence-electron chi connectivity index (χ4n) is 3.71. The zero-order valence-corrected chi connectivity index (χ0v) is 15.4. The molecule has 4 rings (SSSR count). The van der Waals surface area contributed by atoms with Crippen molar-refractivity contribution in [3.8, 4) is 5.75 Å². The van der Waals surface area contributed by atoms with Crippen molar-refractivity contribution >= 4 is 11.9 Å². The molecule has 2 atom stereocenters. The number of nitrogens with zero attached hydrogens (tertiary/aromatic N) is 4. The summed E-state index contributed by atoms with van der Waals surface area (Å²) in [6.07, 6.45) is 2.67. The average Bonchev–Trinajstić information content (AvgIpc) is 3.22. The number of hydrogen-bond acceptors (Lipinski definition) is 4. The minimum Gasteiger partial charge on any atom is -0.497 e. The van der Waals surface area contributed by atoms with Crippen molar-refractivity contribution in [3.63, 3.8) is 0 Å². The lowest BCUT2D eigenvalue weighted by molar-refractivity contribution is -0.119. The molecule has 1 aromatic heterocycles. The molecular formula is C21H22N4O2. The van der Waals surface area contributed by atoms with Crippen LogP contribution in [0.15, 0.2) is 60.9 Å². The number of amides is 1. The molecule has 0 N–H and O–H groups in total. The van der Waals surface area contributed by atoms with Gasteiger partial charge in [0.15, 0.2) is 0 Å². The van der Waals surface area contributed by atoms with Crippen LogP contribution in [0.4, 0.5) is 5.95 Å². The van der Waals surface area contributed by atoms with E-state index >= 15 is 0 Å². The lowest BCUT2D eigenvalue weighted by Gasteiger charge is -2.39. The van der Waals surface area contributed by atoms with E-state index in [9.17, 15) is 4.79 Å². The second-order valence-corrected chi connectivity index (χ2v) is 6.57. The van der Waals surface area contributed by atoms with Gasteiger partial charge < -0.3 is 4.74 Å². The molecule has 0 fully saturated rings. The Balaban J connectivity index is 1.81. The van der Waals surface area contributed by atoms with Crippen molar-refractivity contribution in [2.24, 2.45) is 0 Å². The van der Waals surface area contributed by atoms with Crippen LogP contribution >= 0.6 is 0 Å². The molecule has 0 bridgehead atoms. The number of fused-ring (bicyclic) bond motifs is 1. The topological polar surface area (TPSA) is 60.2 Å². The smallest absolute Gasteiger partial charge is 0.231 e. The predicted octanol–water partition coefficient (Wildman–Crippen LogP) is 3.76. The first-order valence-corrected chi connectivity index (χ1v) is 9.13. The van der Waals surface area contributed by atoms with E-state index in [0.29, 0.717) is 12.4 Å². The Kier molecular flexibility index (Phi) is 4.62. The maximum atomic E-state index is 12.8. The molecule has 3 aromatic rings. The number of anilines is 1. The molecule has 0 unspecified atom stereocenters. The van der Waals surface area contributed by atoms with Crippen molar-refractivity contribution in [2.45, 2.75) is 31.8 Å². The minimum absolute atomic E-state index is 0.0247. The molecule has 0 spiro atoms. The van der Waals surface area contributed by atoms with Crippen LogP contribution < -0.4 is 9.64 Å². The number of aromatic nitrogens is 3. The predicted molar refractivity (Wildman–Crippen MR) is 103 cm³/mol. The highest BCUT2D eigenvalue weighted by molar-refractivity contribution is 5.92. The first kappa shape index (κ1) is 17.3. The largest absolute Gasteiger partial charge is 0.497 e. The third-order valence-corrected chi connectivity index (χ3v) is 5.08. The van der Waals surface area contributed by atoms with Gasteiger partial charge in [-0.1, -0.05) is 49.4 Å². The van der Waals surface area contributed by atoms with E-state index in [1.54, 1.807) is 12.0 Å². The highest BCUT2D eigenvalue weighted by Crippen LogP contribution is 2.42. The van der Waals surface area contributed by atoms with Gasteiger partial charge in [-0.05, 0) is 29.7 Å². The fraction of sp³-hybridized carbons (Fsp3) is 0.286. The van der Waals surface area contributed by atoms with Gasteiger partial charge in [0.25, 0.3) is 0 Å². The van der Waals surface area contributed by atoms with Gasteiger partial charge in [0.05, 0.1) is 19.2 Å². The van der Waals surface area contributed by atoms with Crippen LogP contribution in [0.1, 0.15) is 43.0 Å². The van der Waals surface area contributed by atoms with Gasteiger partial charge in [-0.15, -0.1) is 0 Å². The quantitative estimate of drug-likeness (QED) is 0.709. The number of carbonyl (C=O) groups is 1. The van der Waals surface area contributed by atoms with Gasteiger partial charge in [-0.25, -0.2) is 4.68 Å². The van der Waals surface area contributed by atoms with Gasteiger partial charge in [-0.2, -0.15) is 10.1 Å². The Morgan fingerprint density at radius 1 is 1.07 bits per heavy atom. The first-order chi connectivity index (χ1) is 13.2. The molecule has 0 radical (unpaired) electrons. The fourth-order valence-corrected chi connectivity index (χ4v) is 3.71. The Labute approximate surface area is 158 Å². The summed E-state index contributed by atoms with van der Waals surface area (Å²) in [5, 5.41) is 4.43. The van der Waals surface area contributed by atoms with E-state index in [1.165, 1.54) is 6.33 Å². The van der Waals surface area contributed by atoms with E-state index in [-0.39, 0.29) is 18.0 Å². The molecule has 2 heterocycles. The third kappa shape index (κ3) is 3.07. The van der Waals surface area contributed by atoms with Gasteiger partial charge in [0, 0.05) is 6.42 Å². The summed E-state index contributed by atoms with van der Waals surface area (Å²) >= 11 is 0. The van der Waals surface area contributed by atoms with E-state index in [1.807, 2.05) is 54.1 Å². The lowest BCUT2D eigenvalue weighted by Crippen LogP contribution is -2.42. The molecule has 0 saturated carbocycles.